The molecule has 0 amide bonds. The van der Waals surface area contributed by atoms with E-state index in [9.17, 15) is 14.9 Å². The first-order chi connectivity index (χ1) is 11.1. The predicted octanol–water partition coefficient (Wildman–Crippen LogP) is 1.92. The smallest absolute Gasteiger partial charge is 0.270 e. The number of ether oxygens (including phenoxy) is 1. The third-order valence-corrected chi connectivity index (χ3v) is 3.93. The van der Waals surface area contributed by atoms with Crippen molar-refractivity contribution in [2.45, 2.75) is 6.92 Å². The SMILES string of the molecule is CCN(C)c1ccc([N+](=O)[O-])cc1/C(=C\C=O)N1CCOCC1. The van der Waals surface area contributed by atoms with Gasteiger partial charge < -0.3 is 14.5 Å². The fourth-order valence-corrected chi connectivity index (χ4v) is 2.58. The van der Waals surface area contributed by atoms with E-state index in [-0.39, 0.29) is 5.69 Å². The number of hydrogen-bond acceptors (Lipinski definition) is 6. The van der Waals surface area contributed by atoms with Gasteiger partial charge in [0, 0.05) is 61.8 Å². The zero-order chi connectivity index (χ0) is 16.8. The number of morpholine rings is 1. The number of benzene rings is 1. The fourth-order valence-electron chi connectivity index (χ4n) is 2.58. The van der Waals surface area contributed by atoms with E-state index >= 15 is 0 Å². The van der Waals surface area contributed by atoms with E-state index in [0.29, 0.717) is 37.6 Å². The van der Waals surface area contributed by atoms with Crippen LogP contribution in [0.1, 0.15) is 12.5 Å². The molecule has 23 heavy (non-hydrogen) atoms. The number of nitro groups is 1. The molecular formula is C16H21N3O4. The second kappa shape index (κ2) is 7.73. The van der Waals surface area contributed by atoms with E-state index in [2.05, 4.69) is 0 Å². The van der Waals surface area contributed by atoms with Crippen LogP contribution in [0.5, 0.6) is 0 Å². The number of carbonyl (C=O) groups is 1. The van der Waals surface area contributed by atoms with E-state index in [1.807, 2.05) is 23.8 Å². The van der Waals surface area contributed by atoms with Crippen LogP contribution in [0, 0.1) is 10.1 Å². The number of carbonyl (C=O) groups excluding carboxylic acids is 1. The van der Waals surface area contributed by atoms with Crippen LogP contribution in [0.15, 0.2) is 24.3 Å². The number of nitrogens with zero attached hydrogens (tertiary/aromatic N) is 3. The fraction of sp³-hybridized carbons (Fsp3) is 0.438. The van der Waals surface area contributed by atoms with Gasteiger partial charge in [0.1, 0.15) is 6.29 Å². The number of aldehydes is 1. The van der Waals surface area contributed by atoms with Crippen LogP contribution >= 0.6 is 0 Å². The highest BCUT2D eigenvalue weighted by Crippen LogP contribution is 2.32. The third-order valence-electron chi connectivity index (χ3n) is 3.93. The van der Waals surface area contributed by atoms with Crippen molar-refractivity contribution in [3.05, 3.63) is 40.0 Å². The van der Waals surface area contributed by atoms with Crippen molar-refractivity contribution >= 4 is 23.4 Å². The number of rotatable bonds is 6. The Hall–Kier alpha value is -2.41. The first-order valence-electron chi connectivity index (χ1n) is 7.56. The summed E-state index contributed by atoms with van der Waals surface area (Å²) in [6.07, 6.45) is 2.19. The van der Waals surface area contributed by atoms with Crippen LogP contribution in [0.25, 0.3) is 5.70 Å². The standard InChI is InChI=1S/C16H21N3O4/c1-3-17(2)15-5-4-13(19(21)22)12-14(15)16(6-9-20)18-7-10-23-11-8-18/h4-6,9,12H,3,7-8,10-11H2,1-2H3/b16-6+. The van der Waals surface area contributed by atoms with Gasteiger partial charge in [-0.1, -0.05) is 0 Å². The van der Waals surface area contributed by atoms with E-state index in [4.69, 9.17) is 4.74 Å². The van der Waals surface area contributed by atoms with Crippen LogP contribution in [0.2, 0.25) is 0 Å². The van der Waals surface area contributed by atoms with Crippen molar-refractivity contribution in [1.82, 2.24) is 4.90 Å². The molecule has 0 atom stereocenters. The molecule has 0 aliphatic carbocycles. The number of nitro benzene ring substituents is 1. The number of anilines is 1. The Labute approximate surface area is 135 Å². The van der Waals surface area contributed by atoms with Gasteiger partial charge in [-0.2, -0.15) is 0 Å². The lowest BCUT2D eigenvalue weighted by atomic mass is 10.1. The van der Waals surface area contributed by atoms with Gasteiger partial charge in [0.05, 0.1) is 18.1 Å². The lowest BCUT2D eigenvalue weighted by Gasteiger charge is -2.33. The van der Waals surface area contributed by atoms with Crippen molar-refractivity contribution in [3.8, 4) is 0 Å². The summed E-state index contributed by atoms with van der Waals surface area (Å²) >= 11 is 0. The summed E-state index contributed by atoms with van der Waals surface area (Å²) in [7, 11) is 1.92. The average molecular weight is 319 g/mol. The quantitative estimate of drug-likeness (QED) is 0.345. The summed E-state index contributed by atoms with van der Waals surface area (Å²) in [6, 6.07) is 4.76. The molecule has 0 N–H and O–H groups in total. The number of allylic oxidation sites excluding steroid dienone is 1. The lowest BCUT2D eigenvalue weighted by Crippen LogP contribution is -2.35. The molecule has 1 saturated heterocycles. The molecule has 1 aliphatic rings. The Balaban J connectivity index is 2.54. The summed E-state index contributed by atoms with van der Waals surface area (Å²) in [6.45, 7) is 5.20. The minimum absolute atomic E-state index is 0.0123. The van der Waals surface area contributed by atoms with Crippen molar-refractivity contribution in [2.75, 3.05) is 44.8 Å². The van der Waals surface area contributed by atoms with Gasteiger partial charge in [-0.15, -0.1) is 0 Å². The molecule has 1 aliphatic heterocycles. The molecule has 0 bridgehead atoms. The monoisotopic (exact) mass is 319 g/mol. The van der Waals surface area contributed by atoms with Crippen LogP contribution in [0.3, 0.4) is 0 Å². The van der Waals surface area contributed by atoms with Crippen molar-refractivity contribution < 1.29 is 14.5 Å². The molecule has 7 nitrogen and oxygen atoms in total. The van der Waals surface area contributed by atoms with Gasteiger partial charge in [-0.05, 0) is 13.0 Å². The summed E-state index contributed by atoms with van der Waals surface area (Å²) in [5, 5.41) is 11.1. The highest BCUT2D eigenvalue weighted by Gasteiger charge is 2.21. The first kappa shape index (κ1) is 17.0. The van der Waals surface area contributed by atoms with E-state index < -0.39 is 4.92 Å². The number of non-ortho nitro benzene ring substituents is 1. The van der Waals surface area contributed by atoms with Gasteiger partial charge in [0.15, 0.2) is 0 Å². The Morgan fingerprint density at radius 2 is 2.13 bits per heavy atom. The molecule has 124 valence electrons. The van der Waals surface area contributed by atoms with Gasteiger partial charge in [-0.25, -0.2) is 0 Å². The summed E-state index contributed by atoms with van der Waals surface area (Å²) in [5.74, 6) is 0. The first-order valence-corrected chi connectivity index (χ1v) is 7.56. The van der Waals surface area contributed by atoms with Gasteiger partial charge >= 0.3 is 0 Å². The van der Waals surface area contributed by atoms with E-state index in [0.717, 1.165) is 18.5 Å². The molecule has 1 fully saturated rings. The average Bonchev–Trinajstić information content (AvgIpc) is 2.59. The van der Waals surface area contributed by atoms with Gasteiger partial charge in [-0.3, -0.25) is 14.9 Å². The van der Waals surface area contributed by atoms with Gasteiger partial charge in [0.25, 0.3) is 5.69 Å². The summed E-state index contributed by atoms with van der Waals surface area (Å²) < 4.78 is 5.35. The van der Waals surface area contributed by atoms with E-state index in [1.165, 1.54) is 18.2 Å². The predicted molar refractivity (Wildman–Crippen MR) is 88.5 cm³/mol. The minimum Gasteiger partial charge on any atom is -0.378 e. The molecular weight excluding hydrogens is 298 g/mol. The minimum atomic E-state index is -0.420. The maximum atomic E-state index is 11.1. The molecule has 0 aromatic heterocycles. The molecule has 0 spiro atoms. The number of hydrogen-bond donors (Lipinski definition) is 0. The van der Waals surface area contributed by atoms with Gasteiger partial charge in [0.2, 0.25) is 0 Å². The summed E-state index contributed by atoms with van der Waals surface area (Å²) in [4.78, 5) is 25.9. The Morgan fingerprint density at radius 1 is 1.43 bits per heavy atom. The molecule has 1 aromatic rings. The second-order valence-corrected chi connectivity index (χ2v) is 5.26. The highest BCUT2D eigenvalue weighted by molar-refractivity contribution is 5.86. The highest BCUT2D eigenvalue weighted by atomic mass is 16.6. The Kier molecular flexibility index (Phi) is 5.70. The van der Waals surface area contributed by atoms with Crippen molar-refractivity contribution in [2.24, 2.45) is 0 Å². The van der Waals surface area contributed by atoms with Crippen molar-refractivity contribution in [1.29, 1.82) is 0 Å². The van der Waals surface area contributed by atoms with Crippen LogP contribution < -0.4 is 4.90 Å². The lowest BCUT2D eigenvalue weighted by molar-refractivity contribution is -0.384. The topological polar surface area (TPSA) is 75.9 Å². The third kappa shape index (κ3) is 3.87. The van der Waals surface area contributed by atoms with Crippen molar-refractivity contribution in [3.63, 3.8) is 0 Å². The molecule has 0 saturated carbocycles. The second-order valence-electron chi connectivity index (χ2n) is 5.26. The Bertz CT molecular complexity index is 609. The normalized spacial score (nSPS) is 15.4. The maximum Gasteiger partial charge on any atom is 0.270 e. The van der Waals surface area contributed by atoms with Crippen LogP contribution in [0.4, 0.5) is 11.4 Å². The van der Waals surface area contributed by atoms with Crippen LogP contribution in [-0.4, -0.2) is 56.0 Å². The molecule has 0 radical (unpaired) electrons. The summed E-state index contributed by atoms with van der Waals surface area (Å²) in [5.41, 5.74) is 2.26. The largest absolute Gasteiger partial charge is 0.378 e. The molecule has 2 rings (SSSR count). The molecule has 1 heterocycles. The molecule has 0 unspecified atom stereocenters. The Morgan fingerprint density at radius 3 is 2.70 bits per heavy atom. The van der Waals surface area contributed by atoms with Crippen LogP contribution in [-0.2, 0) is 9.53 Å². The van der Waals surface area contributed by atoms with E-state index in [1.54, 1.807) is 6.07 Å². The molecule has 1 aromatic carbocycles. The molecule has 7 heteroatoms. The zero-order valence-electron chi connectivity index (χ0n) is 13.4. The zero-order valence-corrected chi connectivity index (χ0v) is 13.4. The maximum absolute atomic E-state index is 11.1.